The van der Waals surface area contributed by atoms with Gasteiger partial charge in [-0.1, -0.05) is 0 Å². The van der Waals surface area contributed by atoms with Crippen molar-refractivity contribution in [2.24, 2.45) is 0 Å². The minimum absolute atomic E-state index is 0.596. The molecular formula is C9H20N2O. The molecule has 0 radical (unpaired) electrons. The van der Waals surface area contributed by atoms with Crippen molar-refractivity contribution >= 4 is 0 Å². The van der Waals surface area contributed by atoms with E-state index in [1.54, 1.807) is 0 Å². The normalized spacial score (nSPS) is 24.8. The van der Waals surface area contributed by atoms with Crippen LogP contribution in [0.5, 0.6) is 0 Å². The van der Waals surface area contributed by atoms with Crippen LogP contribution in [0, 0.1) is 0 Å². The summed E-state index contributed by atoms with van der Waals surface area (Å²) in [7, 11) is 4.23. The van der Waals surface area contributed by atoms with Crippen LogP contribution in [0.1, 0.15) is 12.8 Å². The van der Waals surface area contributed by atoms with Gasteiger partial charge in [0.15, 0.2) is 0 Å². The van der Waals surface area contributed by atoms with E-state index in [1.807, 2.05) is 0 Å². The van der Waals surface area contributed by atoms with Crippen molar-refractivity contribution in [3.8, 4) is 0 Å². The smallest absolute Gasteiger partial charge is 0.0620 e. The molecule has 0 saturated carbocycles. The third-order valence-electron chi connectivity index (χ3n) is 2.16. The summed E-state index contributed by atoms with van der Waals surface area (Å²) in [4.78, 5) is 2.23. The van der Waals surface area contributed by atoms with Crippen molar-refractivity contribution in [1.29, 1.82) is 0 Å². The molecule has 1 atom stereocenters. The van der Waals surface area contributed by atoms with Crippen molar-refractivity contribution in [1.82, 2.24) is 10.2 Å². The molecule has 0 spiro atoms. The van der Waals surface area contributed by atoms with Crippen LogP contribution < -0.4 is 5.32 Å². The summed E-state index contributed by atoms with van der Waals surface area (Å²) in [6.07, 6.45) is 2.49. The van der Waals surface area contributed by atoms with Gasteiger partial charge in [0.2, 0.25) is 0 Å². The molecule has 3 nitrogen and oxygen atoms in total. The molecule has 72 valence electrons. The zero-order valence-electron chi connectivity index (χ0n) is 8.18. The number of morpholine rings is 1. The highest BCUT2D eigenvalue weighted by atomic mass is 16.5. The van der Waals surface area contributed by atoms with Crippen LogP contribution in [0.2, 0.25) is 0 Å². The fraction of sp³-hybridized carbons (Fsp3) is 1.00. The van der Waals surface area contributed by atoms with Crippen LogP contribution in [0.15, 0.2) is 0 Å². The third-order valence-corrected chi connectivity index (χ3v) is 2.16. The van der Waals surface area contributed by atoms with Crippen molar-refractivity contribution in [3.05, 3.63) is 0 Å². The minimum atomic E-state index is 0.596. The maximum atomic E-state index is 5.36. The SMILES string of the molecule is CN(C)CCCC1COCCN1. The monoisotopic (exact) mass is 172 g/mol. The number of ether oxygens (including phenoxy) is 1. The van der Waals surface area contributed by atoms with Gasteiger partial charge in [0.05, 0.1) is 13.2 Å². The van der Waals surface area contributed by atoms with E-state index in [2.05, 4.69) is 24.3 Å². The molecule has 1 aliphatic heterocycles. The molecule has 0 aromatic carbocycles. The van der Waals surface area contributed by atoms with Gasteiger partial charge in [0.1, 0.15) is 0 Å². The average Bonchev–Trinajstić information content (AvgIpc) is 2.05. The number of nitrogens with zero attached hydrogens (tertiary/aromatic N) is 1. The Kier molecular flexibility index (Phi) is 4.58. The van der Waals surface area contributed by atoms with Gasteiger partial charge in [-0.15, -0.1) is 0 Å². The van der Waals surface area contributed by atoms with E-state index in [4.69, 9.17) is 4.74 Å². The van der Waals surface area contributed by atoms with Crippen molar-refractivity contribution in [2.75, 3.05) is 40.4 Å². The largest absolute Gasteiger partial charge is 0.379 e. The molecular weight excluding hydrogens is 152 g/mol. The highest BCUT2D eigenvalue weighted by Crippen LogP contribution is 2.01. The minimum Gasteiger partial charge on any atom is -0.379 e. The first-order chi connectivity index (χ1) is 5.79. The van der Waals surface area contributed by atoms with Crippen LogP contribution in [-0.4, -0.2) is 51.3 Å². The molecule has 1 heterocycles. The molecule has 1 unspecified atom stereocenters. The molecule has 1 aliphatic rings. The predicted molar refractivity (Wildman–Crippen MR) is 50.4 cm³/mol. The summed E-state index contributed by atoms with van der Waals surface area (Å²) in [6.45, 7) is 3.97. The topological polar surface area (TPSA) is 24.5 Å². The Bertz CT molecular complexity index is 111. The summed E-state index contributed by atoms with van der Waals surface area (Å²) in [5.74, 6) is 0. The second-order valence-corrected chi connectivity index (χ2v) is 3.67. The van der Waals surface area contributed by atoms with Crippen molar-refractivity contribution in [3.63, 3.8) is 0 Å². The zero-order valence-corrected chi connectivity index (χ0v) is 8.18. The molecule has 1 rings (SSSR count). The van der Waals surface area contributed by atoms with Gasteiger partial charge < -0.3 is 15.0 Å². The van der Waals surface area contributed by atoms with Gasteiger partial charge in [-0.3, -0.25) is 0 Å². The second-order valence-electron chi connectivity index (χ2n) is 3.67. The lowest BCUT2D eigenvalue weighted by molar-refractivity contribution is 0.0729. The quantitative estimate of drug-likeness (QED) is 0.661. The van der Waals surface area contributed by atoms with Gasteiger partial charge >= 0.3 is 0 Å². The van der Waals surface area contributed by atoms with E-state index in [-0.39, 0.29) is 0 Å². The van der Waals surface area contributed by atoms with Crippen LogP contribution >= 0.6 is 0 Å². The number of nitrogens with one attached hydrogen (secondary N) is 1. The summed E-state index contributed by atoms with van der Waals surface area (Å²) in [6, 6.07) is 0.596. The van der Waals surface area contributed by atoms with Gasteiger partial charge in [-0.05, 0) is 33.5 Å². The standard InChI is InChI=1S/C9H20N2O/c1-11(2)6-3-4-9-8-12-7-5-10-9/h9-10H,3-8H2,1-2H3. The van der Waals surface area contributed by atoms with E-state index >= 15 is 0 Å². The Labute approximate surface area is 75.1 Å². The highest BCUT2D eigenvalue weighted by molar-refractivity contribution is 4.69. The van der Waals surface area contributed by atoms with Gasteiger partial charge in [-0.25, -0.2) is 0 Å². The van der Waals surface area contributed by atoms with Crippen LogP contribution in [-0.2, 0) is 4.74 Å². The van der Waals surface area contributed by atoms with E-state index < -0.39 is 0 Å². The predicted octanol–water partition coefficient (Wildman–Crippen LogP) is 0.317. The van der Waals surface area contributed by atoms with Crippen LogP contribution in [0.3, 0.4) is 0 Å². The molecule has 0 aliphatic carbocycles. The summed E-state index contributed by atoms with van der Waals surface area (Å²) in [5, 5.41) is 3.45. The first-order valence-corrected chi connectivity index (χ1v) is 4.75. The molecule has 12 heavy (non-hydrogen) atoms. The van der Waals surface area contributed by atoms with E-state index in [9.17, 15) is 0 Å². The first-order valence-electron chi connectivity index (χ1n) is 4.75. The third kappa shape index (κ3) is 4.04. The first kappa shape index (κ1) is 9.96. The summed E-state index contributed by atoms with van der Waals surface area (Å²) >= 11 is 0. The Morgan fingerprint density at radius 3 is 2.92 bits per heavy atom. The van der Waals surface area contributed by atoms with Crippen molar-refractivity contribution < 1.29 is 4.74 Å². The van der Waals surface area contributed by atoms with Crippen LogP contribution in [0.25, 0.3) is 0 Å². The lowest BCUT2D eigenvalue weighted by Crippen LogP contribution is -2.41. The average molecular weight is 172 g/mol. The fourth-order valence-electron chi connectivity index (χ4n) is 1.46. The molecule has 0 amide bonds. The van der Waals surface area contributed by atoms with Gasteiger partial charge in [-0.2, -0.15) is 0 Å². The Balaban J connectivity index is 1.98. The number of hydrogen-bond donors (Lipinski definition) is 1. The highest BCUT2D eigenvalue weighted by Gasteiger charge is 2.11. The lowest BCUT2D eigenvalue weighted by atomic mass is 10.1. The maximum absolute atomic E-state index is 5.36. The van der Waals surface area contributed by atoms with Crippen LogP contribution in [0.4, 0.5) is 0 Å². The summed E-state index contributed by atoms with van der Waals surface area (Å²) in [5.41, 5.74) is 0. The Hall–Kier alpha value is -0.120. The Morgan fingerprint density at radius 2 is 2.33 bits per heavy atom. The van der Waals surface area contributed by atoms with Gasteiger partial charge in [0.25, 0.3) is 0 Å². The van der Waals surface area contributed by atoms with E-state index in [0.717, 1.165) is 19.8 Å². The molecule has 3 heteroatoms. The van der Waals surface area contributed by atoms with E-state index in [1.165, 1.54) is 19.4 Å². The maximum Gasteiger partial charge on any atom is 0.0620 e. The second kappa shape index (κ2) is 5.51. The summed E-state index contributed by atoms with van der Waals surface area (Å²) < 4.78 is 5.36. The fourth-order valence-corrected chi connectivity index (χ4v) is 1.46. The molecule has 0 aromatic rings. The number of hydrogen-bond acceptors (Lipinski definition) is 3. The zero-order chi connectivity index (χ0) is 8.81. The van der Waals surface area contributed by atoms with E-state index in [0.29, 0.717) is 6.04 Å². The molecule has 1 fully saturated rings. The molecule has 0 aromatic heterocycles. The Morgan fingerprint density at radius 1 is 1.50 bits per heavy atom. The van der Waals surface area contributed by atoms with Crippen molar-refractivity contribution in [2.45, 2.75) is 18.9 Å². The molecule has 1 N–H and O–H groups in total. The lowest BCUT2D eigenvalue weighted by Gasteiger charge is -2.24. The van der Waals surface area contributed by atoms with Gasteiger partial charge in [0, 0.05) is 12.6 Å². The molecule has 1 saturated heterocycles. The molecule has 0 bridgehead atoms. The number of rotatable bonds is 4.